The van der Waals surface area contributed by atoms with Gasteiger partial charge in [0, 0.05) is 59.1 Å². The number of piperazine rings is 1. The van der Waals surface area contributed by atoms with E-state index in [4.69, 9.17) is 4.42 Å². The minimum Gasteiger partial charge on any atom is -0.457 e. The number of halogens is 1. The van der Waals surface area contributed by atoms with E-state index in [1.165, 1.54) is 6.08 Å². The van der Waals surface area contributed by atoms with Crippen LogP contribution in [0.5, 0.6) is 0 Å². The summed E-state index contributed by atoms with van der Waals surface area (Å²) in [6, 6.07) is 19.4. The van der Waals surface area contributed by atoms with Crippen molar-refractivity contribution < 1.29 is 14.0 Å². The molecular formula is C28H30BrN3O3. The average Bonchev–Trinajstić information content (AvgIpc) is 3.32. The Morgan fingerprint density at radius 1 is 0.914 bits per heavy atom. The smallest absolute Gasteiger partial charge is 0.248 e. The molecule has 0 saturated carbocycles. The van der Waals surface area contributed by atoms with E-state index in [-0.39, 0.29) is 17.2 Å². The Bertz CT molecular complexity index is 1200. The predicted octanol–water partition coefficient (Wildman–Crippen LogP) is 6.06. The highest BCUT2D eigenvalue weighted by molar-refractivity contribution is 9.10. The number of nitrogens with one attached hydrogen (secondary N) is 1. The van der Waals surface area contributed by atoms with Crippen molar-refractivity contribution in [2.45, 2.75) is 20.8 Å². The van der Waals surface area contributed by atoms with Crippen LogP contribution >= 0.6 is 15.9 Å². The third-order valence-corrected chi connectivity index (χ3v) is 6.39. The summed E-state index contributed by atoms with van der Waals surface area (Å²) in [4.78, 5) is 29.1. The molecule has 2 heterocycles. The molecule has 6 nitrogen and oxygen atoms in total. The Morgan fingerprint density at radius 3 is 2.20 bits per heavy atom. The zero-order chi connectivity index (χ0) is 25.0. The molecule has 35 heavy (non-hydrogen) atoms. The van der Waals surface area contributed by atoms with Gasteiger partial charge in [-0.15, -0.1) is 0 Å². The summed E-state index contributed by atoms with van der Waals surface area (Å²) in [5, 5.41) is 2.88. The molecule has 1 aliphatic heterocycles. The van der Waals surface area contributed by atoms with Crippen molar-refractivity contribution in [3.05, 3.63) is 77.0 Å². The summed E-state index contributed by atoms with van der Waals surface area (Å²) in [6.45, 7) is 8.90. The number of amides is 2. The van der Waals surface area contributed by atoms with Gasteiger partial charge in [0.15, 0.2) is 0 Å². The molecule has 3 aromatic rings. The van der Waals surface area contributed by atoms with E-state index < -0.39 is 0 Å². The summed E-state index contributed by atoms with van der Waals surface area (Å²) < 4.78 is 6.83. The molecule has 0 spiro atoms. The van der Waals surface area contributed by atoms with Crippen LogP contribution < -0.4 is 10.2 Å². The van der Waals surface area contributed by atoms with Crippen molar-refractivity contribution in [2.75, 3.05) is 36.4 Å². The molecule has 0 radical (unpaired) electrons. The topological polar surface area (TPSA) is 65.8 Å². The number of hydrogen-bond acceptors (Lipinski definition) is 4. The second-order valence-corrected chi connectivity index (χ2v) is 10.5. The lowest BCUT2D eigenvalue weighted by atomic mass is 9.94. The molecule has 0 bridgehead atoms. The summed E-state index contributed by atoms with van der Waals surface area (Å²) in [5.41, 5.74) is 2.42. The highest BCUT2D eigenvalue weighted by atomic mass is 79.9. The molecule has 1 aromatic heterocycles. The summed E-state index contributed by atoms with van der Waals surface area (Å²) in [5.74, 6) is 1.32. The number of furan rings is 1. The lowest BCUT2D eigenvalue weighted by Crippen LogP contribution is -2.51. The fourth-order valence-corrected chi connectivity index (χ4v) is 4.22. The maximum absolute atomic E-state index is 12.5. The molecule has 4 rings (SSSR count). The summed E-state index contributed by atoms with van der Waals surface area (Å²) in [7, 11) is 0. The van der Waals surface area contributed by atoms with E-state index in [9.17, 15) is 9.59 Å². The standard InChI is InChI=1S/C28H30BrN3O3/c1-28(2,3)27(34)32-18-16-31(17-19-32)23-10-8-22(9-11-23)30-26(33)15-13-24-12-14-25(35-24)20-4-6-21(29)7-5-20/h4-15H,16-19H2,1-3H3,(H,30,33)/b15-13+. The van der Waals surface area contributed by atoms with Crippen LogP contribution in [-0.2, 0) is 9.59 Å². The van der Waals surface area contributed by atoms with Crippen molar-refractivity contribution >= 4 is 45.2 Å². The van der Waals surface area contributed by atoms with E-state index in [0.717, 1.165) is 53.4 Å². The van der Waals surface area contributed by atoms with E-state index in [2.05, 4.69) is 26.1 Å². The molecule has 0 atom stereocenters. The van der Waals surface area contributed by atoms with Crippen LogP contribution in [-0.4, -0.2) is 42.9 Å². The number of nitrogens with zero attached hydrogens (tertiary/aromatic N) is 2. The van der Waals surface area contributed by atoms with Crippen molar-refractivity contribution in [1.82, 2.24) is 4.90 Å². The number of anilines is 2. The van der Waals surface area contributed by atoms with Crippen LogP contribution in [0.2, 0.25) is 0 Å². The van der Waals surface area contributed by atoms with Gasteiger partial charge in [0.25, 0.3) is 0 Å². The Morgan fingerprint density at radius 2 is 1.57 bits per heavy atom. The molecule has 7 heteroatoms. The average molecular weight is 536 g/mol. The van der Waals surface area contributed by atoms with Crippen LogP contribution in [0.4, 0.5) is 11.4 Å². The number of carbonyl (C=O) groups excluding carboxylic acids is 2. The Hall–Kier alpha value is -3.32. The van der Waals surface area contributed by atoms with Gasteiger partial charge in [-0.3, -0.25) is 9.59 Å². The summed E-state index contributed by atoms with van der Waals surface area (Å²) >= 11 is 3.43. The lowest BCUT2D eigenvalue weighted by molar-refractivity contribution is -0.139. The first kappa shape index (κ1) is 24.8. The molecule has 0 unspecified atom stereocenters. The van der Waals surface area contributed by atoms with Crippen LogP contribution in [0.25, 0.3) is 17.4 Å². The first-order valence-electron chi connectivity index (χ1n) is 11.7. The van der Waals surface area contributed by atoms with E-state index in [0.29, 0.717) is 5.76 Å². The van der Waals surface area contributed by atoms with Crippen molar-refractivity contribution in [1.29, 1.82) is 0 Å². The SMILES string of the molecule is CC(C)(C)C(=O)N1CCN(c2ccc(NC(=O)/C=C/c3ccc(-c4ccc(Br)cc4)o3)cc2)CC1. The molecular weight excluding hydrogens is 506 g/mol. The van der Waals surface area contributed by atoms with Crippen molar-refractivity contribution in [3.63, 3.8) is 0 Å². The minimum absolute atomic E-state index is 0.197. The van der Waals surface area contributed by atoms with Gasteiger partial charge in [-0.25, -0.2) is 0 Å². The normalized spacial score (nSPS) is 14.4. The molecule has 1 saturated heterocycles. The van der Waals surface area contributed by atoms with E-state index >= 15 is 0 Å². The van der Waals surface area contributed by atoms with Crippen LogP contribution in [0.3, 0.4) is 0 Å². The molecule has 1 aliphatic rings. The second-order valence-electron chi connectivity index (χ2n) is 9.61. The van der Waals surface area contributed by atoms with Gasteiger partial charge in [0.2, 0.25) is 11.8 Å². The maximum atomic E-state index is 12.5. The van der Waals surface area contributed by atoms with Gasteiger partial charge in [-0.1, -0.05) is 48.8 Å². The Balaban J connectivity index is 1.29. The molecule has 182 valence electrons. The lowest BCUT2D eigenvalue weighted by Gasteiger charge is -2.38. The van der Waals surface area contributed by atoms with E-state index in [1.807, 2.05) is 86.3 Å². The fourth-order valence-electron chi connectivity index (χ4n) is 3.95. The van der Waals surface area contributed by atoms with Gasteiger partial charge in [-0.05, 0) is 54.6 Å². The third kappa shape index (κ3) is 6.42. The van der Waals surface area contributed by atoms with Gasteiger partial charge in [-0.2, -0.15) is 0 Å². The largest absolute Gasteiger partial charge is 0.457 e. The van der Waals surface area contributed by atoms with Crippen LogP contribution in [0.15, 0.2) is 75.6 Å². The first-order chi connectivity index (χ1) is 16.7. The number of hydrogen-bond donors (Lipinski definition) is 1. The predicted molar refractivity (Wildman–Crippen MR) is 144 cm³/mol. The van der Waals surface area contributed by atoms with Gasteiger partial charge < -0.3 is 19.5 Å². The monoisotopic (exact) mass is 535 g/mol. The highest BCUT2D eigenvalue weighted by Crippen LogP contribution is 2.25. The third-order valence-electron chi connectivity index (χ3n) is 5.86. The van der Waals surface area contributed by atoms with Crippen LogP contribution in [0.1, 0.15) is 26.5 Å². The zero-order valence-electron chi connectivity index (χ0n) is 20.3. The number of benzene rings is 2. The zero-order valence-corrected chi connectivity index (χ0v) is 21.8. The summed E-state index contributed by atoms with van der Waals surface area (Å²) in [6.07, 6.45) is 3.12. The molecule has 2 aromatic carbocycles. The fraction of sp³-hybridized carbons (Fsp3) is 0.286. The molecule has 1 N–H and O–H groups in total. The maximum Gasteiger partial charge on any atom is 0.248 e. The Kier molecular flexibility index (Phi) is 7.45. The number of rotatable bonds is 5. The van der Waals surface area contributed by atoms with E-state index in [1.54, 1.807) is 6.08 Å². The number of carbonyl (C=O) groups is 2. The van der Waals surface area contributed by atoms with Crippen LogP contribution in [0, 0.1) is 5.41 Å². The first-order valence-corrected chi connectivity index (χ1v) is 12.5. The highest BCUT2D eigenvalue weighted by Gasteiger charge is 2.29. The van der Waals surface area contributed by atoms with Gasteiger partial charge >= 0.3 is 0 Å². The minimum atomic E-state index is -0.352. The van der Waals surface area contributed by atoms with Crippen molar-refractivity contribution in [3.8, 4) is 11.3 Å². The molecule has 2 amide bonds. The Labute approximate surface area is 214 Å². The molecule has 1 fully saturated rings. The molecule has 0 aliphatic carbocycles. The van der Waals surface area contributed by atoms with Gasteiger partial charge in [0.1, 0.15) is 11.5 Å². The quantitative estimate of drug-likeness (QED) is 0.403. The van der Waals surface area contributed by atoms with Gasteiger partial charge in [0.05, 0.1) is 0 Å². The second kappa shape index (κ2) is 10.5. The van der Waals surface area contributed by atoms with Crippen molar-refractivity contribution in [2.24, 2.45) is 5.41 Å².